The van der Waals surface area contributed by atoms with E-state index in [0.717, 1.165) is 24.8 Å². The van der Waals surface area contributed by atoms with Crippen LogP contribution in [-0.2, 0) is 14.3 Å². The largest absolute Gasteiger partial charge is 0.465 e. The summed E-state index contributed by atoms with van der Waals surface area (Å²) < 4.78 is 5.39. The molecular weight excluding hydrogens is 314 g/mol. The van der Waals surface area contributed by atoms with Gasteiger partial charge in [-0.2, -0.15) is 0 Å². The molecule has 0 bridgehead atoms. The Bertz CT molecular complexity index is 568. The zero-order valence-electron chi connectivity index (χ0n) is 13.3. The molecule has 5 heteroatoms. The van der Waals surface area contributed by atoms with Crippen LogP contribution in [0.3, 0.4) is 0 Å². The first-order chi connectivity index (χ1) is 11.0. The van der Waals surface area contributed by atoms with Gasteiger partial charge in [0, 0.05) is 11.9 Å². The van der Waals surface area contributed by atoms with E-state index in [1.165, 1.54) is 6.92 Å². The molecule has 0 saturated carbocycles. The number of amides is 1. The lowest BCUT2D eigenvalue weighted by molar-refractivity contribution is -0.145. The maximum Gasteiger partial charge on any atom is 0.308 e. The molecule has 0 aliphatic heterocycles. The Morgan fingerprint density at radius 1 is 1.30 bits per heavy atom. The number of esters is 1. The van der Waals surface area contributed by atoms with Gasteiger partial charge in [0.15, 0.2) is 0 Å². The topological polar surface area (TPSA) is 55.4 Å². The van der Waals surface area contributed by atoms with E-state index in [0.29, 0.717) is 17.5 Å². The molecule has 0 spiro atoms. The number of rotatable bonds is 6. The number of allylic oxidation sites excluding steroid dienone is 2. The standard InChI is InChI=1S/C18H22ClNO3/c1-13(21)20-17(15-7-9-16(19)10-8-15)11-18(22)23-12-14-5-3-2-4-6-14/h2-3,7-10,14,17H,4-6,11-12H2,1H3,(H,20,21). The molecule has 0 fully saturated rings. The van der Waals surface area contributed by atoms with Gasteiger partial charge in [0.2, 0.25) is 5.91 Å². The minimum absolute atomic E-state index is 0.115. The van der Waals surface area contributed by atoms with Crippen molar-refractivity contribution in [2.75, 3.05) is 6.61 Å². The molecule has 2 unspecified atom stereocenters. The van der Waals surface area contributed by atoms with E-state index in [2.05, 4.69) is 17.5 Å². The lowest BCUT2D eigenvalue weighted by Gasteiger charge is -2.20. The third kappa shape index (κ3) is 6.06. The highest BCUT2D eigenvalue weighted by atomic mass is 35.5. The molecule has 0 heterocycles. The van der Waals surface area contributed by atoms with Crippen LogP contribution in [-0.4, -0.2) is 18.5 Å². The van der Waals surface area contributed by atoms with Gasteiger partial charge in [-0.05, 0) is 42.9 Å². The zero-order valence-corrected chi connectivity index (χ0v) is 14.0. The smallest absolute Gasteiger partial charge is 0.308 e. The van der Waals surface area contributed by atoms with Crippen molar-refractivity contribution >= 4 is 23.5 Å². The first-order valence-electron chi connectivity index (χ1n) is 7.88. The molecular formula is C18H22ClNO3. The lowest BCUT2D eigenvalue weighted by atomic mass is 9.95. The van der Waals surface area contributed by atoms with Gasteiger partial charge in [-0.15, -0.1) is 0 Å². The van der Waals surface area contributed by atoms with Crippen LogP contribution in [0.1, 0.15) is 44.2 Å². The SMILES string of the molecule is CC(=O)NC(CC(=O)OCC1CC=CCC1)c1ccc(Cl)cc1. The van der Waals surface area contributed by atoms with E-state index >= 15 is 0 Å². The molecule has 0 radical (unpaired) electrons. The second-order valence-electron chi connectivity index (χ2n) is 5.84. The number of halogens is 1. The highest BCUT2D eigenvalue weighted by Crippen LogP contribution is 2.22. The Morgan fingerprint density at radius 2 is 2.04 bits per heavy atom. The van der Waals surface area contributed by atoms with Crippen molar-refractivity contribution in [1.82, 2.24) is 5.32 Å². The number of benzene rings is 1. The van der Waals surface area contributed by atoms with Gasteiger partial charge in [-0.3, -0.25) is 9.59 Å². The molecule has 1 aliphatic rings. The quantitative estimate of drug-likeness (QED) is 0.635. The molecule has 1 aromatic rings. The summed E-state index contributed by atoms with van der Waals surface area (Å²) in [5.41, 5.74) is 0.835. The summed E-state index contributed by atoms with van der Waals surface area (Å²) in [6, 6.07) is 6.70. The molecule has 1 aliphatic carbocycles. The molecule has 1 amide bonds. The maximum absolute atomic E-state index is 12.1. The van der Waals surface area contributed by atoms with Crippen LogP contribution in [0.5, 0.6) is 0 Å². The first kappa shape index (κ1) is 17.5. The molecule has 2 rings (SSSR count). The van der Waals surface area contributed by atoms with Gasteiger partial charge in [-0.1, -0.05) is 35.9 Å². The summed E-state index contributed by atoms with van der Waals surface area (Å²) in [4.78, 5) is 23.5. The summed E-state index contributed by atoms with van der Waals surface area (Å²) in [6.45, 7) is 1.87. The van der Waals surface area contributed by atoms with E-state index < -0.39 is 6.04 Å². The second-order valence-corrected chi connectivity index (χ2v) is 6.28. The van der Waals surface area contributed by atoms with Gasteiger partial charge in [0.05, 0.1) is 19.1 Å². The Balaban J connectivity index is 1.91. The number of hydrogen-bond donors (Lipinski definition) is 1. The first-order valence-corrected chi connectivity index (χ1v) is 8.25. The molecule has 2 atom stereocenters. The van der Waals surface area contributed by atoms with Gasteiger partial charge in [0.1, 0.15) is 0 Å². The second kappa shape index (κ2) is 8.73. The van der Waals surface area contributed by atoms with Crippen molar-refractivity contribution in [3.63, 3.8) is 0 Å². The number of ether oxygens (including phenoxy) is 1. The predicted molar refractivity (Wildman–Crippen MR) is 90.1 cm³/mol. The predicted octanol–water partition coefficient (Wildman–Crippen LogP) is 3.81. The Hall–Kier alpha value is -1.81. The summed E-state index contributed by atoms with van der Waals surface area (Å²) in [5.74, 6) is -0.0814. The summed E-state index contributed by atoms with van der Waals surface area (Å²) in [7, 11) is 0. The van der Waals surface area contributed by atoms with Crippen LogP contribution in [0.25, 0.3) is 0 Å². The molecule has 124 valence electrons. The van der Waals surface area contributed by atoms with Crippen LogP contribution in [0.2, 0.25) is 5.02 Å². The highest BCUT2D eigenvalue weighted by Gasteiger charge is 2.19. The van der Waals surface area contributed by atoms with Crippen molar-refractivity contribution in [1.29, 1.82) is 0 Å². The van der Waals surface area contributed by atoms with Crippen molar-refractivity contribution in [3.8, 4) is 0 Å². The molecule has 0 aromatic heterocycles. The summed E-state index contributed by atoms with van der Waals surface area (Å²) in [5, 5.41) is 3.40. The molecule has 4 nitrogen and oxygen atoms in total. The van der Waals surface area contributed by atoms with E-state index in [9.17, 15) is 9.59 Å². The summed E-state index contributed by atoms with van der Waals surface area (Å²) in [6.07, 6.45) is 7.46. The molecule has 0 saturated heterocycles. The van der Waals surface area contributed by atoms with Crippen LogP contribution in [0, 0.1) is 5.92 Å². The Morgan fingerprint density at radius 3 is 2.65 bits per heavy atom. The summed E-state index contributed by atoms with van der Waals surface area (Å²) >= 11 is 5.88. The Labute approximate surface area is 141 Å². The van der Waals surface area contributed by atoms with E-state index in [4.69, 9.17) is 16.3 Å². The van der Waals surface area contributed by atoms with Gasteiger partial charge in [0.25, 0.3) is 0 Å². The average Bonchev–Trinajstić information content (AvgIpc) is 2.53. The molecule has 1 aromatic carbocycles. The van der Waals surface area contributed by atoms with Crippen LogP contribution in [0.15, 0.2) is 36.4 Å². The zero-order chi connectivity index (χ0) is 16.7. The minimum atomic E-state index is -0.400. The van der Waals surface area contributed by atoms with E-state index in [1.54, 1.807) is 12.1 Å². The third-order valence-corrected chi connectivity index (χ3v) is 4.13. The monoisotopic (exact) mass is 335 g/mol. The van der Waals surface area contributed by atoms with Gasteiger partial charge in [-0.25, -0.2) is 0 Å². The van der Waals surface area contributed by atoms with Crippen molar-refractivity contribution in [2.45, 2.75) is 38.6 Å². The fraction of sp³-hybridized carbons (Fsp3) is 0.444. The van der Waals surface area contributed by atoms with E-state index in [1.807, 2.05) is 12.1 Å². The maximum atomic E-state index is 12.1. The lowest BCUT2D eigenvalue weighted by Crippen LogP contribution is -2.29. The van der Waals surface area contributed by atoms with Crippen LogP contribution >= 0.6 is 11.6 Å². The third-order valence-electron chi connectivity index (χ3n) is 3.88. The van der Waals surface area contributed by atoms with Crippen molar-refractivity contribution < 1.29 is 14.3 Å². The number of hydrogen-bond acceptors (Lipinski definition) is 3. The van der Waals surface area contributed by atoms with Gasteiger partial charge >= 0.3 is 5.97 Å². The number of nitrogens with one attached hydrogen (secondary N) is 1. The average molecular weight is 336 g/mol. The highest BCUT2D eigenvalue weighted by molar-refractivity contribution is 6.30. The molecule has 1 N–H and O–H groups in total. The van der Waals surface area contributed by atoms with Crippen LogP contribution < -0.4 is 5.32 Å². The van der Waals surface area contributed by atoms with Crippen molar-refractivity contribution in [2.24, 2.45) is 5.92 Å². The Kier molecular flexibility index (Phi) is 6.66. The fourth-order valence-corrected chi connectivity index (χ4v) is 2.76. The van der Waals surface area contributed by atoms with Gasteiger partial charge < -0.3 is 10.1 Å². The number of carbonyl (C=O) groups is 2. The minimum Gasteiger partial charge on any atom is -0.465 e. The van der Waals surface area contributed by atoms with Crippen LogP contribution in [0.4, 0.5) is 0 Å². The number of carbonyl (C=O) groups excluding carboxylic acids is 2. The molecule has 23 heavy (non-hydrogen) atoms. The van der Waals surface area contributed by atoms with Crippen molar-refractivity contribution in [3.05, 3.63) is 47.0 Å². The normalized spacial score (nSPS) is 18.3. The van der Waals surface area contributed by atoms with E-state index in [-0.39, 0.29) is 18.3 Å². The fourth-order valence-electron chi connectivity index (χ4n) is 2.64.